The maximum Gasteiger partial charge on any atom is 0.240 e. The van der Waals surface area contributed by atoms with Gasteiger partial charge in [0.05, 0.1) is 21.1 Å². The van der Waals surface area contributed by atoms with E-state index in [0.717, 1.165) is 5.56 Å². The van der Waals surface area contributed by atoms with Crippen LogP contribution in [0.5, 0.6) is 0 Å². The van der Waals surface area contributed by atoms with Crippen LogP contribution in [0, 0.1) is 6.92 Å². The number of hydrogen-bond donors (Lipinski definition) is 2. The van der Waals surface area contributed by atoms with Crippen molar-refractivity contribution >= 4 is 33.5 Å². The van der Waals surface area contributed by atoms with Gasteiger partial charge in [0.15, 0.2) is 0 Å². The molecule has 1 aromatic carbocycles. The molecule has 7 heteroatoms. The molecule has 118 valence electrons. The van der Waals surface area contributed by atoms with Gasteiger partial charge in [0.1, 0.15) is 0 Å². The monoisotopic (exact) mass is 347 g/mol. The topological polar surface area (TPSA) is 66.4 Å². The van der Waals surface area contributed by atoms with Crippen LogP contribution < -0.4 is 4.72 Å². The molecule has 1 fully saturated rings. The molecular weight excluding hydrogens is 326 g/mol. The van der Waals surface area contributed by atoms with Gasteiger partial charge >= 0.3 is 0 Å². The Morgan fingerprint density at radius 1 is 1.19 bits per heavy atom. The second-order valence-corrected chi connectivity index (χ2v) is 9.69. The van der Waals surface area contributed by atoms with Crippen molar-refractivity contribution in [2.24, 2.45) is 0 Å². The predicted molar refractivity (Wildman–Crippen MR) is 90.3 cm³/mol. The number of nitrogens with one attached hydrogen (secondary N) is 1. The molecule has 1 saturated carbocycles. The van der Waals surface area contributed by atoms with E-state index >= 15 is 0 Å². The third kappa shape index (κ3) is 3.76. The Kier molecular flexibility index (Phi) is 5.31. The maximum atomic E-state index is 12.4. The van der Waals surface area contributed by atoms with Gasteiger partial charge in [-0.05, 0) is 44.4 Å². The first-order chi connectivity index (χ1) is 9.82. The fourth-order valence-corrected chi connectivity index (χ4v) is 5.84. The van der Waals surface area contributed by atoms with E-state index in [2.05, 4.69) is 4.72 Å². The third-order valence-electron chi connectivity index (χ3n) is 3.90. The van der Waals surface area contributed by atoms with E-state index in [1.54, 1.807) is 47.8 Å². The van der Waals surface area contributed by atoms with Gasteiger partial charge in [-0.2, -0.15) is 0 Å². The smallest absolute Gasteiger partial charge is 0.240 e. The van der Waals surface area contributed by atoms with Crippen LogP contribution in [-0.2, 0) is 10.0 Å². The molecule has 21 heavy (non-hydrogen) atoms. The van der Waals surface area contributed by atoms with Crippen LogP contribution in [0.15, 0.2) is 29.2 Å². The molecule has 0 heterocycles. The first kappa shape index (κ1) is 17.1. The quantitative estimate of drug-likeness (QED) is 0.800. The summed E-state index contributed by atoms with van der Waals surface area (Å²) < 4.78 is 27.3. The second kappa shape index (κ2) is 6.50. The molecule has 2 N–H and O–H groups in total. The molecule has 0 amide bonds. The largest absolute Gasteiger partial charge is 0.391 e. The molecule has 1 aliphatic carbocycles. The lowest BCUT2D eigenvalue weighted by atomic mass is 10.2. The third-order valence-corrected chi connectivity index (χ3v) is 8.56. The first-order valence-electron chi connectivity index (χ1n) is 6.69. The maximum absolute atomic E-state index is 12.4. The molecule has 0 unspecified atom stereocenters. The Bertz CT molecular complexity index is 582. The summed E-state index contributed by atoms with van der Waals surface area (Å²) in [4.78, 5) is 0.242. The van der Waals surface area contributed by atoms with Crippen molar-refractivity contribution < 1.29 is 13.5 Å². The molecule has 0 spiro atoms. The SMILES string of the molecule is CSC1(SC)C[C@@H](O)[C@H](NS(=O)(=O)c2ccc(C)cc2)C1. The zero-order chi connectivity index (χ0) is 15.7. The lowest BCUT2D eigenvalue weighted by molar-refractivity contribution is 0.158. The van der Waals surface area contributed by atoms with E-state index in [-0.39, 0.29) is 8.97 Å². The number of hydrogen-bond acceptors (Lipinski definition) is 5. The van der Waals surface area contributed by atoms with Gasteiger partial charge in [0.2, 0.25) is 10.0 Å². The Hall–Kier alpha value is -0.210. The van der Waals surface area contributed by atoms with Crippen molar-refractivity contribution in [3.05, 3.63) is 29.8 Å². The van der Waals surface area contributed by atoms with Crippen LogP contribution in [0.1, 0.15) is 18.4 Å². The fourth-order valence-electron chi connectivity index (χ4n) is 2.54. The minimum Gasteiger partial charge on any atom is -0.391 e. The van der Waals surface area contributed by atoms with E-state index in [1.165, 1.54) is 0 Å². The summed E-state index contributed by atoms with van der Waals surface area (Å²) in [5.74, 6) is 0. The predicted octanol–water partition coefficient (Wildman–Crippen LogP) is 2.22. The van der Waals surface area contributed by atoms with Gasteiger partial charge in [0, 0.05) is 0 Å². The number of aryl methyl sites for hydroxylation is 1. The summed E-state index contributed by atoms with van der Waals surface area (Å²) >= 11 is 3.36. The average Bonchev–Trinajstić information content (AvgIpc) is 2.76. The highest BCUT2D eigenvalue weighted by molar-refractivity contribution is 8.17. The zero-order valence-electron chi connectivity index (χ0n) is 12.4. The van der Waals surface area contributed by atoms with E-state index in [4.69, 9.17) is 0 Å². The van der Waals surface area contributed by atoms with Crippen LogP contribution in [0.4, 0.5) is 0 Å². The van der Waals surface area contributed by atoms with Gasteiger partial charge in [-0.15, -0.1) is 23.5 Å². The van der Waals surface area contributed by atoms with Crippen LogP contribution in [0.25, 0.3) is 0 Å². The number of aliphatic hydroxyl groups excluding tert-OH is 1. The average molecular weight is 348 g/mol. The van der Waals surface area contributed by atoms with E-state index in [0.29, 0.717) is 12.8 Å². The molecule has 2 atom stereocenters. The molecule has 0 saturated heterocycles. The van der Waals surface area contributed by atoms with Gasteiger partial charge in [-0.1, -0.05) is 17.7 Å². The molecule has 0 radical (unpaired) electrons. The standard InChI is InChI=1S/C14H21NO3S3/c1-10-4-6-11(7-5-10)21(17,18)15-12-8-14(19-2,20-3)9-13(12)16/h4-7,12-13,15-16H,8-9H2,1-3H3/t12-,13-/m1/s1. The van der Waals surface area contributed by atoms with Gasteiger partial charge in [-0.3, -0.25) is 0 Å². The lowest BCUT2D eigenvalue weighted by Gasteiger charge is -2.24. The number of rotatable bonds is 5. The molecule has 4 nitrogen and oxygen atoms in total. The molecule has 0 aliphatic heterocycles. The first-order valence-corrected chi connectivity index (χ1v) is 10.6. The van der Waals surface area contributed by atoms with Crippen LogP contribution in [0.2, 0.25) is 0 Å². The highest BCUT2D eigenvalue weighted by Gasteiger charge is 2.45. The van der Waals surface area contributed by atoms with E-state index < -0.39 is 22.2 Å². The Balaban J connectivity index is 2.16. The Morgan fingerprint density at radius 3 is 2.24 bits per heavy atom. The molecule has 0 bridgehead atoms. The van der Waals surface area contributed by atoms with Gasteiger partial charge < -0.3 is 5.11 Å². The summed E-state index contributed by atoms with van der Waals surface area (Å²) in [6.45, 7) is 1.91. The molecular formula is C14H21NO3S3. The Labute approximate surface area is 135 Å². The van der Waals surface area contributed by atoms with Crippen molar-refractivity contribution in [3.63, 3.8) is 0 Å². The highest BCUT2D eigenvalue weighted by atomic mass is 32.2. The summed E-state index contributed by atoms with van der Waals surface area (Å²) in [7, 11) is -3.59. The van der Waals surface area contributed by atoms with Crippen molar-refractivity contribution in [1.82, 2.24) is 4.72 Å². The van der Waals surface area contributed by atoms with Crippen LogP contribution in [-0.4, -0.2) is 42.3 Å². The van der Waals surface area contributed by atoms with Gasteiger partial charge in [0.25, 0.3) is 0 Å². The zero-order valence-corrected chi connectivity index (χ0v) is 14.8. The summed E-state index contributed by atoms with van der Waals surface area (Å²) in [6, 6.07) is 6.29. The number of benzene rings is 1. The van der Waals surface area contributed by atoms with E-state index in [9.17, 15) is 13.5 Å². The van der Waals surface area contributed by atoms with Crippen molar-refractivity contribution in [2.75, 3.05) is 12.5 Å². The highest BCUT2D eigenvalue weighted by Crippen LogP contribution is 2.48. The minimum absolute atomic E-state index is 0.111. The summed E-state index contributed by atoms with van der Waals surface area (Å²) in [5.41, 5.74) is 1.01. The molecule has 1 aliphatic rings. The normalized spacial score (nSPS) is 25.1. The summed E-state index contributed by atoms with van der Waals surface area (Å²) in [5, 5.41) is 10.2. The van der Waals surface area contributed by atoms with E-state index in [1.807, 2.05) is 19.4 Å². The van der Waals surface area contributed by atoms with Crippen molar-refractivity contribution in [1.29, 1.82) is 0 Å². The van der Waals surface area contributed by atoms with Crippen LogP contribution >= 0.6 is 23.5 Å². The molecule has 0 aromatic heterocycles. The second-order valence-electron chi connectivity index (χ2n) is 5.34. The van der Waals surface area contributed by atoms with Gasteiger partial charge in [-0.25, -0.2) is 13.1 Å². The summed E-state index contributed by atoms with van der Waals surface area (Å²) in [6.07, 6.45) is 4.57. The van der Waals surface area contributed by atoms with Crippen molar-refractivity contribution in [3.8, 4) is 0 Å². The minimum atomic E-state index is -3.59. The fraction of sp³-hybridized carbons (Fsp3) is 0.571. The number of thioether (sulfide) groups is 2. The molecule has 2 rings (SSSR count). The lowest BCUT2D eigenvalue weighted by Crippen LogP contribution is -2.40. The van der Waals surface area contributed by atoms with Crippen LogP contribution in [0.3, 0.4) is 0 Å². The number of sulfonamides is 1. The number of aliphatic hydroxyl groups is 1. The van der Waals surface area contributed by atoms with Crippen molar-refractivity contribution in [2.45, 2.75) is 40.9 Å². The molecule has 1 aromatic rings. The Morgan fingerprint density at radius 2 is 1.76 bits per heavy atom.